The quantitative estimate of drug-likeness (QED) is 0.406. The molecule has 0 aliphatic carbocycles. The Hall–Kier alpha value is -3.42. The molecular weight excluding hydrogens is 406 g/mol. The molecule has 170 valence electrons. The summed E-state index contributed by atoms with van der Waals surface area (Å²) in [6.45, 7) is 2.82. The largest absolute Gasteiger partial charge is 0.423 e. The highest BCUT2D eigenvalue weighted by Gasteiger charge is 2.14. The van der Waals surface area contributed by atoms with E-state index in [2.05, 4.69) is 27.4 Å². The first-order valence-electron chi connectivity index (χ1n) is 11.1. The van der Waals surface area contributed by atoms with E-state index in [1.54, 1.807) is 18.5 Å². The molecular formula is C24H31N5O3. The van der Waals surface area contributed by atoms with Crippen molar-refractivity contribution in [2.24, 2.45) is 0 Å². The highest BCUT2D eigenvalue weighted by atomic mass is 16.6. The van der Waals surface area contributed by atoms with Crippen molar-refractivity contribution in [2.75, 3.05) is 25.5 Å². The molecule has 0 saturated carbocycles. The van der Waals surface area contributed by atoms with Gasteiger partial charge in [0, 0.05) is 49.8 Å². The smallest absolute Gasteiger partial charge is 0.412 e. The van der Waals surface area contributed by atoms with Crippen LogP contribution in [0.15, 0.2) is 47.5 Å². The van der Waals surface area contributed by atoms with Crippen LogP contribution in [0.1, 0.15) is 45.4 Å². The van der Waals surface area contributed by atoms with Crippen molar-refractivity contribution in [1.29, 1.82) is 0 Å². The molecule has 32 heavy (non-hydrogen) atoms. The molecule has 8 nitrogen and oxygen atoms in total. The standard InChI is InChI=1S/C24H31N5O3/c1-4-5-6-7-8-9-12-26-24(30)32-20-10-11-22(29(2)3)21(14-20)18-13-19(16-25-15-18)23-28-27-17-31-23/h10-11,13-17H,4-9,12H2,1-3H3,(H,26,30). The van der Waals surface area contributed by atoms with Crippen LogP contribution in [0.25, 0.3) is 22.6 Å². The third kappa shape index (κ3) is 6.54. The van der Waals surface area contributed by atoms with Gasteiger partial charge in [0.25, 0.3) is 0 Å². The average molecular weight is 438 g/mol. The van der Waals surface area contributed by atoms with Crippen LogP contribution in [0.4, 0.5) is 10.5 Å². The van der Waals surface area contributed by atoms with Crippen LogP contribution in [-0.2, 0) is 0 Å². The van der Waals surface area contributed by atoms with Crippen molar-refractivity contribution in [2.45, 2.75) is 45.4 Å². The summed E-state index contributed by atoms with van der Waals surface area (Å²) in [4.78, 5) is 18.6. The number of hydrogen-bond donors (Lipinski definition) is 1. The Morgan fingerprint density at radius 2 is 1.84 bits per heavy atom. The molecule has 2 aromatic heterocycles. The molecule has 1 N–H and O–H groups in total. The molecule has 2 heterocycles. The highest BCUT2D eigenvalue weighted by molar-refractivity contribution is 5.82. The Morgan fingerprint density at radius 1 is 1.06 bits per heavy atom. The van der Waals surface area contributed by atoms with Crippen LogP contribution in [0.5, 0.6) is 5.75 Å². The number of benzene rings is 1. The molecule has 0 bridgehead atoms. The van der Waals surface area contributed by atoms with Gasteiger partial charge in [0.1, 0.15) is 5.75 Å². The van der Waals surface area contributed by atoms with E-state index in [1.165, 1.54) is 32.1 Å². The SMILES string of the molecule is CCCCCCCCNC(=O)Oc1ccc(N(C)C)c(-c2cncc(-c3nnco3)c2)c1. The fourth-order valence-corrected chi connectivity index (χ4v) is 3.44. The number of unbranched alkanes of at least 4 members (excludes halogenated alkanes) is 5. The maximum atomic E-state index is 12.2. The van der Waals surface area contributed by atoms with Crippen molar-refractivity contribution in [3.63, 3.8) is 0 Å². The van der Waals surface area contributed by atoms with Gasteiger partial charge in [0.15, 0.2) is 0 Å². The molecule has 1 aromatic carbocycles. The number of amides is 1. The maximum absolute atomic E-state index is 12.2. The number of pyridine rings is 1. The zero-order chi connectivity index (χ0) is 22.8. The number of anilines is 1. The van der Waals surface area contributed by atoms with Crippen LogP contribution in [-0.4, -0.2) is 41.9 Å². The van der Waals surface area contributed by atoms with Gasteiger partial charge in [-0.15, -0.1) is 10.2 Å². The summed E-state index contributed by atoms with van der Waals surface area (Å²) >= 11 is 0. The summed E-state index contributed by atoms with van der Waals surface area (Å²) in [5, 5.41) is 10.5. The van der Waals surface area contributed by atoms with Crippen LogP contribution in [0, 0.1) is 0 Å². The number of hydrogen-bond acceptors (Lipinski definition) is 7. The normalized spacial score (nSPS) is 10.7. The predicted molar refractivity (Wildman–Crippen MR) is 125 cm³/mol. The first-order valence-corrected chi connectivity index (χ1v) is 11.1. The molecule has 0 fully saturated rings. The number of nitrogens with zero attached hydrogens (tertiary/aromatic N) is 4. The van der Waals surface area contributed by atoms with Crippen molar-refractivity contribution in [3.05, 3.63) is 43.1 Å². The average Bonchev–Trinajstić information content (AvgIpc) is 3.33. The topological polar surface area (TPSA) is 93.4 Å². The number of nitrogens with one attached hydrogen (secondary N) is 1. The van der Waals surface area contributed by atoms with E-state index in [9.17, 15) is 4.79 Å². The molecule has 0 unspecified atom stereocenters. The fourth-order valence-electron chi connectivity index (χ4n) is 3.44. The van der Waals surface area contributed by atoms with Gasteiger partial charge in [-0.2, -0.15) is 0 Å². The second-order valence-corrected chi connectivity index (χ2v) is 7.86. The van der Waals surface area contributed by atoms with Crippen LogP contribution in [0.3, 0.4) is 0 Å². The van der Waals surface area contributed by atoms with E-state index in [0.29, 0.717) is 23.7 Å². The molecule has 0 aliphatic heterocycles. The Labute approximate surface area is 189 Å². The summed E-state index contributed by atoms with van der Waals surface area (Å²) in [5.74, 6) is 0.862. The predicted octanol–water partition coefficient (Wildman–Crippen LogP) is 5.31. The molecule has 8 heteroatoms. The lowest BCUT2D eigenvalue weighted by molar-refractivity contribution is 0.200. The Bertz CT molecular complexity index is 989. The van der Waals surface area contributed by atoms with Crippen LogP contribution >= 0.6 is 0 Å². The second-order valence-electron chi connectivity index (χ2n) is 7.86. The molecule has 0 atom stereocenters. The Kier molecular flexibility index (Phi) is 8.60. The maximum Gasteiger partial charge on any atom is 0.412 e. The lowest BCUT2D eigenvalue weighted by Gasteiger charge is -2.19. The summed E-state index contributed by atoms with van der Waals surface area (Å²) < 4.78 is 10.8. The van der Waals surface area contributed by atoms with Gasteiger partial charge in [0.2, 0.25) is 12.3 Å². The number of carbonyl (C=O) groups excluding carboxylic acids is 1. The van der Waals surface area contributed by atoms with Crippen LogP contribution < -0.4 is 15.0 Å². The third-order valence-corrected chi connectivity index (χ3v) is 5.12. The number of ether oxygens (including phenoxy) is 1. The van der Waals surface area contributed by atoms with Crippen molar-refractivity contribution >= 4 is 11.8 Å². The van der Waals surface area contributed by atoms with Gasteiger partial charge in [-0.3, -0.25) is 4.98 Å². The molecule has 3 rings (SSSR count). The van der Waals surface area contributed by atoms with E-state index < -0.39 is 6.09 Å². The van der Waals surface area contributed by atoms with Gasteiger partial charge >= 0.3 is 6.09 Å². The number of carbonyl (C=O) groups is 1. The zero-order valence-corrected chi connectivity index (χ0v) is 19.0. The number of rotatable bonds is 11. The van der Waals surface area contributed by atoms with E-state index in [0.717, 1.165) is 29.7 Å². The molecule has 3 aromatic rings. The van der Waals surface area contributed by atoms with Gasteiger partial charge in [-0.25, -0.2) is 4.79 Å². The van der Waals surface area contributed by atoms with E-state index in [4.69, 9.17) is 9.15 Å². The fraction of sp³-hybridized carbons (Fsp3) is 0.417. The van der Waals surface area contributed by atoms with Gasteiger partial charge in [-0.05, 0) is 30.7 Å². The minimum absolute atomic E-state index is 0.396. The second kappa shape index (κ2) is 11.8. The first-order chi connectivity index (χ1) is 15.6. The van der Waals surface area contributed by atoms with Gasteiger partial charge in [0.05, 0.1) is 5.56 Å². The van der Waals surface area contributed by atoms with Gasteiger partial charge < -0.3 is 19.4 Å². The minimum atomic E-state index is -0.445. The van der Waals surface area contributed by atoms with E-state index in [1.807, 2.05) is 37.2 Å². The Morgan fingerprint density at radius 3 is 2.59 bits per heavy atom. The lowest BCUT2D eigenvalue weighted by Crippen LogP contribution is -2.27. The van der Waals surface area contributed by atoms with E-state index in [-0.39, 0.29) is 0 Å². The molecule has 0 saturated heterocycles. The van der Waals surface area contributed by atoms with E-state index >= 15 is 0 Å². The molecule has 1 amide bonds. The lowest BCUT2D eigenvalue weighted by atomic mass is 10.0. The number of aromatic nitrogens is 3. The third-order valence-electron chi connectivity index (χ3n) is 5.12. The van der Waals surface area contributed by atoms with Crippen molar-refractivity contribution < 1.29 is 13.9 Å². The Balaban J connectivity index is 1.68. The zero-order valence-electron chi connectivity index (χ0n) is 19.0. The summed E-state index contributed by atoms with van der Waals surface area (Å²) in [6.07, 6.45) is 11.3. The summed E-state index contributed by atoms with van der Waals surface area (Å²) in [6, 6.07) is 7.48. The van der Waals surface area contributed by atoms with Crippen molar-refractivity contribution in [1.82, 2.24) is 20.5 Å². The molecule has 0 aliphatic rings. The highest BCUT2D eigenvalue weighted by Crippen LogP contribution is 2.34. The molecule has 0 radical (unpaired) electrons. The van der Waals surface area contributed by atoms with Gasteiger partial charge in [-0.1, -0.05) is 39.0 Å². The monoisotopic (exact) mass is 437 g/mol. The molecule has 0 spiro atoms. The summed E-state index contributed by atoms with van der Waals surface area (Å²) in [5.41, 5.74) is 3.41. The first kappa shape index (κ1) is 23.2. The van der Waals surface area contributed by atoms with Crippen LogP contribution in [0.2, 0.25) is 0 Å². The van der Waals surface area contributed by atoms with Crippen molar-refractivity contribution in [3.8, 4) is 28.3 Å². The minimum Gasteiger partial charge on any atom is -0.423 e. The summed E-state index contributed by atoms with van der Waals surface area (Å²) in [7, 11) is 3.92.